The van der Waals surface area contributed by atoms with Crippen molar-refractivity contribution in [3.8, 4) is 0 Å². The summed E-state index contributed by atoms with van der Waals surface area (Å²) in [5.74, 6) is 0. The van der Waals surface area contributed by atoms with Crippen molar-refractivity contribution < 1.29 is 10.2 Å². The molecule has 0 radical (unpaired) electrons. The Kier molecular flexibility index (Phi) is 6.65. The molecule has 0 fully saturated rings. The third-order valence-electron chi connectivity index (χ3n) is 5.57. The van der Waals surface area contributed by atoms with Gasteiger partial charge in [0.1, 0.15) is 0 Å². The summed E-state index contributed by atoms with van der Waals surface area (Å²) in [5, 5.41) is 19.6. The minimum absolute atomic E-state index is 0.00971. The van der Waals surface area contributed by atoms with E-state index in [-0.39, 0.29) is 6.61 Å². The van der Waals surface area contributed by atoms with Gasteiger partial charge in [-0.15, -0.1) is 0 Å². The first-order chi connectivity index (χ1) is 11.8. The van der Waals surface area contributed by atoms with Crippen LogP contribution in [-0.2, 0) is 12.0 Å². The first-order valence-electron chi connectivity index (χ1n) is 9.56. The normalized spacial score (nSPS) is 20.1. The van der Waals surface area contributed by atoms with Gasteiger partial charge in [-0.1, -0.05) is 55.8 Å². The molecule has 1 atom stereocenters. The molecule has 138 valence electrons. The molecule has 0 saturated heterocycles. The molecule has 1 aromatic rings. The molecule has 0 amide bonds. The zero-order valence-electron chi connectivity index (χ0n) is 16.3. The van der Waals surface area contributed by atoms with E-state index < -0.39 is 5.60 Å². The van der Waals surface area contributed by atoms with Crippen molar-refractivity contribution in [2.45, 2.75) is 71.8 Å². The number of aryl methyl sites for hydroxylation is 1. The van der Waals surface area contributed by atoms with Crippen LogP contribution in [0.1, 0.15) is 70.9 Å². The summed E-state index contributed by atoms with van der Waals surface area (Å²) in [4.78, 5) is 0. The molecule has 2 nitrogen and oxygen atoms in total. The standard InChI is InChI=1S/C23H34O2/c1-18-9-8-14-22(2,3)21(18)13-6-5-10-19-11-7-12-20(17-19)23(4,25)15-16-24/h6-7,11-13,17,24-25H,5,8-10,14-16H2,1-4H3/b13-6+. The first kappa shape index (κ1) is 19.9. The molecular weight excluding hydrogens is 308 g/mol. The highest BCUT2D eigenvalue weighted by Gasteiger charge is 2.26. The Hall–Kier alpha value is -1.38. The average molecular weight is 343 g/mol. The molecule has 25 heavy (non-hydrogen) atoms. The molecule has 2 heteroatoms. The predicted octanol–water partition coefficient (Wildman–Crippen LogP) is 5.29. The van der Waals surface area contributed by atoms with Gasteiger partial charge in [0.05, 0.1) is 5.60 Å². The summed E-state index contributed by atoms with van der Waals surface area (Å²) in [6, 6.07) is 8.12. The number of aliphatic hydroxyl groups excluding tert-OH is 1. The van der Waals surface area contributed by atoms with Gasteiger partial charge >= 0.3 is 0 Å². The number of benzene rings is 1. The van der Waals surface area contributed by atoms with Crippen LogP contribution in [0.4, 0.5) is 0 Å². The van der Waals surface area contributed by atoms with Crippen molar-refractivity contribution in [1.82, 2.24) is 0 Å². The fourth-order valence-electron chi connectivity index (χ4n) is 3.89. The van der Waals surface area contributed by atoms with E-state index in [1.807, 2.05) is 12.1 Å². The van der Waals surface area contributed by atoms with Gasteiger partial charge in [0.2, 0.25) is 0 Å². The second-order valence-electron chi connectivity index (χ2n) is 8.32. The summed E-state index contributed by atoms with van der Waals surface area (Å²) in [6.45, 7) is 8.73. The number of aliphatic hydroxyl groups is 2. The topological polar surface area (TPSA) is 40.5 Å². The third kappa shape index (κ3) is 5.29. The van der Waals surface area contributed by atoms with Gasteiger partial charge in [0.25, 0.3) is 0 Å². The van der Waals surface area contributed by atoms with Crippen molar-refractivity contribution in [1.29, 1.82) is 0 Å². The molecule has 2 N–H and O–H groups in total. The Morgan fingerprint density at radius 3 is 2.72 bits per heavy atom. The van der Waals surface area contributed by atoms with Gasteiger partial charge in [-0.3, -0.25) is 0 Å². The minimum atomic E-state index is -0.964. The molecule has 1 aliphatic carbocycles. The smallest absolute Gasteiger partial charge is 0.0890 e. The fraction of sp³-hybridized carbons (Fsp3) is 0.565. The maximum absolute atomic E-state index is 10.5. The number of hydrogen-bond donors (Lipinski definition) is 2. The number of rotatable bonds is 7. The highest BCUT2D eigenvalue weighted by atomic mass is 16.3. The molecule has 1 unspecified atom stereocenters. The van der Waals surface area contributed by atoms with Gasteiger partial charge in [-0.05, 0) is 68.1 Å². The third-order valence-corrected chi connectivity index (χ3v) is 5.57. The van der Waals surface area contributed by atoms with Crippen molar-refractivity contribution in [2.24, 2.45) is 5.41 Å². The molecule has 0 aromatic heterocycles. The Balaban J connectivity index is 2.00. The zero-order valence-corrected chi connectivity index (χ0v) is 16.3. The largest absolute Gasteiger partial charge is 0.396 e. The van der Waals surface area contributed by atoms with Crippen LogP contribution < -0.4 is 0 Å². The highest BCUT2D eigenvalue weighted by Crippen LogP contribution is 2.40. The van der Waals surface area contributed by atoms with E-state index in [1.54, 1.807) is 6.92 Å². The van der Waals surface area contributed by atoms with Gasteiger partial charge < -0.3 is 10.2 Å². The molecule has 0 heterocycles. The average Bonchev–Trinajstić information content (AvgIpc) is 2.53. The summed E-state index contributed by atoms with van der Waals surface area (Å²) < 4.78 is 0. The van der Waals surface area contributed by atoms with E-state index in [0.717, 1.165) is 18.4 Å². The maximum atomic E-state index is 10.5. The van der Waals surface area contributed by atoms with E-state index in [1.165, 1.54) is 36.0 Å². The summed E-state index contributed by atoms with van der Waals surface area (Å²) >= 11 is 0. The van der Waals surface area contributed by atoms with Crippen LogP contribution in [0.15, 0.2) is 47.6 Å². The van der Waals surface area contributed by atoms with Crippen molar-refractivity contribution >= 4 is 0 Å². The zero-order chi connectivity index (χ0) is 18.5. The predicted molar refractivity (Wildman–Crippen MR) is 106 cm³/mol. The van der Waals surface area contributed by atoms with Gasteiger partial charge in [0.15, 0.2) is 0 Å². The fourth-order valence-corrected chi connectivity index (χ4v) is 3.89. The monoisotopic (exact) mass is 342 g/mol. The molecule has 0 saturated carbocycles. The lowest BCUT2D eigenvalue weighted by Gasteiger charge is -2.32. The SMILES string of the molecule is CC1=C(/C=C/CCc2cccc(C(C)(O)CCO)c2)C(C)(C)CCC1. The Bertz CT molecular complexity index is 635. The van der Waals surface area contributed by atoms with Gasteiger partial charge in [0, 0.05) is 13.0 Å². The lowest BCUT2D eigenvalue weighted by molar-refractivity contribution is 0.0298. The molecule has 1 aromatic carbocycles. The molecule has 0 bridgehead atoms. The summed E-state index contributed by atoms with van der Waals surface area (Å²) in [6.07, 6.45) is 10.8. The summed E-state index contributed by atoms with van der Waals surface area (Å²) in [5.41, 5.74) is 4.49. The van der Waals surface area contributed by atoms with Crippen LogP contribution in [0.25, 0.3) is 0 Å². The lowest BCUT2D eigenvalue weighted by atomic mass is 9.72. The molecule has 0 aliphatic heterocycles. The number of allylic oxidation sites excluding steroid dienone is 4. The Labute approximate surface area is 153 Å². The van der Waals surface area contributed by atoms with Gasteiger partial charge in [-0.25, -0.2) is 0 Å². The van der Waals surface area contributed by atoms with Gasteiger partial charge in [-0.2, -0.15) is 0 Å². The van der Waals surface area contributed by atoms with Crippen LogP contribution in [0.3, 0.4) is 0 Å². The highest BCUT2D eigenvalue weighted by molar-refractivity contribution is 5.33. The second kappa shape index (κ2) is 8.33. The molecular formula is C23H34O2. The second-order valence-corrected chi connectivity index (χ2v) is 8.32. The van der Waals surface area contributed by atoms with Crippen molar-refractivity contribution in [3.63, 3.8) is 0 Å². The van der Waals surface area contributed by atoms with E-state index in [4.69, 9.17) is 5.11 Å². The van der Waals surface area contributed by atoms with E-state index >= 15 is 0 Å². The van der Waals surface area contributed by atoms with E-state index in [9.17, 15) is 5.11 Å². The van der Waals surface area contributed by atoms with Crippen LogP contribution in [0.2, 0.25) is 0 Å². The Morgan fingerprint density at radius 1 is 1.28 bits per heavy atom. The maximum Gasteiger partial charge on any atom is 0.0890 e. The van der Waals surface area contributed by atoms with Crippen LogP contribution in [-0.4, -0.2) is 16.8 Å². The summed E-state index contributed by atoms with van der Waals surface area (Å²) in [7, 11) is 0. The van der Waals surface area contributed by atoms with Crippen LogP contribution >= 0.6 is 0 Å². The minimum Gasteiger partial charge on any atom is -0.396 e. The lowest BCUT2D eigenvalue weighted by Crippen LogP contribution is -2.22. The van der Waals surface area contributed by atoms with Crippen LogP contribution in [0.5, 0.6) is 0 Å². The molecule has 2 rings (SSSR count). The first-order valence-corrected chi connectivity index (χ1v) is 9.56. The van der Waals surface area contributed by atoms with E-state index in [2.05, 4.69) is 45.1 Å². The van der Waals surface area contributed by atoms with Crippen molar-refractivity contribution in [3.05, 3.63) is 58.7 Å². The van der Waals surface area contributed by atoms with Crippen LogP contribution in [0, 0.1) is 5.41 Å². The van der Waals surface area contributed by atoms with E-state index in [0.29, 0.717) is 11.8 Å². The molecule has 1 aliphatic rings. The number of hydrogen-bond acceptors (Lipinski definition) is 2. The van der Waals surface area contributed by atoms with Crippen molar-refractivity contribution in [2.75, 3.05) is 6.61 Å². The molecule has 0 spiro atoms. The Morgan fingerprint density at radius 2 is 2.04 bits per heavy atom. The quantitative estimate of drug-likeness (QED) is 0.706.